The summed E-state index contributed by atoms with van der Waals surface area (Å²) in [7, 11) is 3.25. The van der Waals surface area contributed by atoms with E-state index in [0.717, 1.165) is 40.8 Å². The number of aryl methyl sites for hydroxylation is 1. The average Bonchev–Trinajstić information content (AvgIpc) is 3.37. The monoisotopic (exact) mass is 497 g/mol. The van der Waals surface area contributed by atoms with Gasteiger partial charge in [-0.1, -0.05) is 42.5 Å². The number of benzene rings is 3. The number of fused-ring (bicyclic) bond motifs is 1. The van der Waals surface area contributed by atoms with E-state index in [1.165, 1.54) is 5.56 Å². The number of aromatic amines is 1. The molecular weight excluding hydrogens is 466 g/mol. The number of aromatic nitrogens is 1. The van der Waals surface area contributed by atoms with Gasteiger partial charge >= 0.3 is 0 Å². The number of methoxy groups -OCH3 is 2. The van der Waals surface area contributed by atoms with E-state index < -0.39 is 0 Å². The van der Waals surface area contributed by atoms with E-state index in [0.29, 0.717) is 18.8 Å². The molecule has 1 N–H and O–H groups in total. The van der Waals surface area contributed by atoms with Crippen molar-refractivity contribution < 1.29 is 19.1 Å². The van der Waals surface area contributed by atoms with Gasteiger partial charge in [-0.3, -0.25) is 9.59 Å². The summed E-state index contributed by atoms with van der Waals surface area (Å²) in [6.07, 6.45) is 1.58. The molecule has 1 aliphatic rings. The normalized spacial score (nSPS) is 15.7. The molecule has 1 fully saturated rings. The Kier molecular flexibility index (Phi) is 7.12. The first-order chi connectivity index (χ1) is 18.0. The standard InChI is InChI=1S/C30H31N3O4/c1-36-25-10-6-9-22(15-25)18-33-24(13-11-21-7-4-3-5-8-21)19-32(20-29(33)34)30(35)28-16-23-12-14-26(37-2)17-27(23)31-28/h3-10,12,14-17,24,31H,11,13,18-20H2,1-2H3/t24-/m0/s1. The van der Waals surface area contributed by atoms with Crippen molar-refractivity contribution in [2.24, 2.45) is 0 Å². The number of carbonyl (C=O) groups is 2. The van der Waals surface area contributed by atoms with Crippen molar-refractivity contribution in [3.8, 4) is 11.5 Å². The van der Waals surface area contributed by atoms with Crippen molar-refractivity contribution in [3.05, 3.63) is 95.7 Å². The van der Waals surface area contributed by atoms with Crippen LogP contribution in [0, 0.1) is 0 Å². The van der Waals surface area contributed by atoms with Gasteiger partial charge in [0.1, 0.15) is 23.7 Å². The third kappa shape index (κ3) is 5.45. The molecule has 190 valence electrons. The Morgan fingerprint density at radius 1 is 0.919 bits per heavy atom. The second-order valence-corrected chi connectivity index (χ2v) is 9.37. The van der Waals surface area contributed by atoms with E-state index in [4.69, 9.17) is 9.47 Å². The van der Waals surface area contributed by atoms with Crippen molar-refractivity contribution in [1.29, 1.82) is 0 Å². The highest BCUT2D eigenvalue weighted by atomic mass is 16.5. The van der Waals surface area contributed by atoms with Gasteiger partial charge in [-0.05, 0) is 54.3 Å². The molecule has 0 radical (unpaired) electrons. The van der Waals surface area contributed by atoms with E-state index in [1.54, 1.807) is 19.1 Å². The van der Waals surface area contributed by atoms with E-state index in [9.17, 15) is 9.59 Å². The van der Waals surface area contributed by atoms with Gasteiger partial charge in [0.2, 0.25) is 5.91 Å². The largest absolute Gasteiger partial charge is 0.497 e. The van der Waals surface area contributed by atoms with Crippen molar-refractivity contribution in [2.75, 3.05) is 27.3 Å². The van der Waals surface area contributed by atoms with Crippen LogP contribution in [-0.2, 0) is 17.8 Å². The summed E-state index contributed by atoms with van der Waals surface area (Å²) in [5.74, 6) is 1.25. The van der Waals surface area contributed by atoms with Crippen LogP contribution in [0.15, 0.2) is 78.9 Å². The van der Waals surface area contributed by atoms with E-state index in [2.05, 4.69) is 17.1 Å². The van der Waals surface area contributed by atoms with Gasteiger partial charge in [0, 0.05) is 30.1 Å². The molecule has 7 nitrogen and oxygen atoms in total. The van der Waals surface area contributed by atoms with Gasteiger partial charge in [-0.2, -0.15) is 0 Å². The van der Waals surface area contributed by atoms with Crippen LogP contribution in [0.3, 0.4) is 0 Å². The summed E-state index contributed by atoms with van der Waals surface area (Å²) < 4.78 is 10.7. The first-order valence-electron chi connectivity index (χ1n) is 12.5. The summed E-state index contributed by atoms with van der Waals surface area (Å²) in [5, 5.41) is 0.924. The zero-order chi connectivity index (χ0) is 25.8. The second-order valence-electron chi connectivity index (χ2n) is 9.37. The van der Waals surface area contributed by atoms with Crippen LogP contribution < -0.4 is 9.47 Å². The number of hydrogen-bond acceptors (Lipinski definition) is 4. The highest BCUT2D eigenvalue weighted by Gasteiger charge is 2.35. The van der Waals surface area contributed by atoms with Crippen LogP contribution in [0.4, 0.5) is 0 Å². The van der Waals surface area contributed by atoms with Crippen LogP contribution in [0.1, 0.15) is 28.0 Å². The van der Waals surface area contributed by atoms with Crippen LogP contribution in [0.25, 0.3) is 10.9 Å². The maximum absolute atomic E-state index is 13.5. The SMILES string of the molecule is COc1cccc(CN2C(=O)CN(C(=O)c3cc4ccc(OC)cc4[nH]3)C[C@@H]2CCc2ccccc2)c1. The van der Waals surface area contributed by atoms with Crippen LogP contribution >= 0.6 is 0 Å². The van der Waals surface area contributed by atoms with Crippen molar-refractivity contribution in [1.82, 2.24) is 14.8 Å². The Morgan fingerprint density at radius 3 is 2.46 bits per heavy atom. The van der Waals surface area contributed by atoms with Crippen LogP contribution in [0.5, 0.6) is 11.5 Å². The summed E-state index contributed by atoms with van der Waals surface area (Å²) in [4.78, 5) is 33.8. The number of ether oxygens (including phenoxy) is 2. The lowest BCUT2D eigenvalue weighted by Gasteiger charge is -2.41. The Bertz CT molecular complexity index is 1400. The average molecular weight is 498 g/mol. The van der Waals surface area contributed by atoms with Crippen molar-refractivity contribution in [2.45, 2.75) is 25.4 Å². The van der Waals surface area contributed by atoms with Gasteiger partial charge in [-0.25, -0.2) is 0 Å². The summed E-state index contributed by atoms with van der Waals surface area (Å²) in [6, 6.07) is 25.4. The molecule has 0 spiro atoms. The molecule has 2 heterocycles. The Morgan fingerprint density at radius 2 is 1.68 bits per heavy atom. The fourth-order valence-electron chi connectivity index (χ4n) is 4.96. The Hall–Kier alpha value is -4.26. The molecule has 1 aliphatic heterocycles. The van der Waals surface area contributed by atoms with Gasteiger partial charge < -0.3 is 24.3 Å². The highest BCUT2D eigenvalue weighted by Crippen LogP contribution is 2.25. The van der Waals surface area contributed by atoms with Crippen molar-refractivity contribution in [3.63, 3.8) is 0 Å². The lowest BCUT2D eigenvalue weighted by molar-refractivity contribution is -0.139. The topological polar surface area (TPSA) is 74.9 Å². The molecule has 4 aromatic rings. The molecule has 0 unspecified atom stereocenters. The third-order valence-electron chi connectivity index (χ3n) is 6.96. The number of nitrogens with zero attached hydrogens (tertiary/aromatic N) is 2. The molecule has 0 bridgehead atoms. The fraction of sp³-hybridized carbons (Fsp3) is 0.267. The molecule has 7 heteroatoms. The van der Waals surface area contributed by atoms with Crippen LogP contribution in [-0.4, -0.2) is 59.9 Å². The number of carbonyl (C=O) groups excluding carboxylic acids is 2. The lowest BCUT2D eigenvalue weighted by atomic mass is 10.0. The predicted octanol–water partition coefficient (Wildman–Crippen LogP) is 4.67. The van der Waals surface area contributed by atoms with E-state index in [-0.39, 0.29) is 24.4 Å². The molecular formula is C30H31N3O4. The zero-order valence-electron chi connectivity index (χ0n) is 21.1. The fourth-order valence-corrected chi connectivity index (χ4v) is 4.96. The quantitative estimate of drug-likeness (QED) is 0.384. The molecule has 2 amide bonds. The molecule has 1 aromatic heterocycles. The number of amides is 2. The molecule has 3 aromatic carbocycles. The molecule has 37 heavy (non-hydrogen) atoms. The number of rotatable bonds is 8. The van der Waals surface area contributed by atoms with E-state index in [1.807, 2.05) is 71.6 Å². The molecule has 5 rings (SSSR count). The minimum atomic E-state index is -0.172. The van der Waals surface area contributed by atoms with Gasteiger partial charge in [0.25, 0.3) is 5.91 Å². The minimum absolute atomic E-state index is 0.0450. The first kappa shape index (κ1) is 24.4. The second kappa shape index (κ2) is 10.8. The minimum Gasteiger partial charge on any atom is -0.497 e. The number of H-pyrrole nitrogens is 1. The van der Waals surface area contributed by atoms with Gasteiger partial charge in [0.05, 0.1) is 20.3 Å². The third-order valence-corrected chi connectivity index (χ3v) is 6.96. The number of nitrogens with one attached hydrogen (secondary N) is 1. The van der Waals surface area contributed by atoms with Gasteiger partial charge in [-0.15, -0.1) is 0 Å². The van der Waals surface area contributed by atoms with Crippen LogP contribution in [0.2, 0.25) is 0 Å². The predicted molar refractivity (Wildman–Crippen MR) is 143 cm³/mol. The molecule has 0 aliphatic carbocycles. The molecule has 1 atom stereocenters. The number of hydrogen-bond donors (Lipinski definition) is 1. The Balaban J connectivity index is 1.38. The maximum Gasteiger partial charge on any atom is 0.270 e. The maximum atomic E-state index is 13.5. The highest BCUT2D eigenvalue weighted by molar-refractivity contribution is 6.00. The first-order valence-corrected chi connectivity index (χ1v) is 12.5. The van der Waals surface area contributed by atoms with E-state index >= 15 is 0 Å². The van der Waals surface area contributed by atoms with Gasteiger partial charge in [0.15, 0.2) is 0 Å². The number of piperazine rings is 1. The van der Waals surface area contributed by atoms with Crippen molar-refractivity contribution >= 4 is 22.7 Å². The Labute approximate surface area is 216 Å². The summed E-state index contributed by atoms with van der Waals surface area (Å²) in [5.41, 5.74) is 3.51. The summed E-state index contributed by atoms with van der Waals surface area (Å²) in [6.45, 7) is 0.993. The molecule has 0 saturated carbocycles. The smallest absolute Gasteiger partial charge is 0.270 e. The zero-order valence-corrected chi connectivity index (χ0v) is 21.1. The lowest BCUT2D eigenvalue weighted by Crippen LogP contribution is -2.57. The summed E-state index contributed by atoms with van der Waals surface area (Å²) >= 11 is 0. The molecule has 1 saturated heterocycles.